The maximum Gasteiger partial charge on any atom is 0.0589 e. The summed E-state index contributed by atoms with van der Waals surface area (Å²) in [7, 11) is 0. The maximum atomic E-state index is 9.52. The fourth-order valence-corrected chi connectivity index (χ4v) is 3.26. The fraction of sp³-hybridized carbons (Fsp3) is 1.00. The molecule has 1 saturated heterocycles. The molecule has 0 aliphatic carbocycles. The van der Waals surface area contributed by atoms with Crippen molar-refractivity contribution in [3.05, 3.63) is 0 Å². The van der Waals surface area contributed by atoms with Crippen molar-refractivity contribution >= 4 is 0 Å². The van der Waals surface area contributed by atoms with Gasteiger partial charge < -0.3 is 10.8 Å². The Morgan fingerprint density at radius 3 is 2.38 bits per heavy atom. The zero-order chi connectivity index (χ0) is 12.5. The molecular weight excluding hydrogens is 200 g/mol. The van der Waals surface area contributed by atoms with Crippen molar-refractivity contribution in [1.82, 2.24) is 4.90 Å². The monoisotopic (exact) mass is 228 g/mol. The summed E-state index contributed by atoms with van der Waals surface area (Å²) in [6, 6.07) is 0.768. The van der Waals surface area contributed by atoms with Gasteiger partial charge in [0.1, 0.15) is 0 Å². The number of nitrogens with zero attached hydrogens (tertiary/aromatic N) is 1. The molecule has 1 rings (SSSR count). The zero-order valence-electron chi connectivity index (χ0n) is 11.4. The Hall–Kier alpha value is -0.120. The van der Waals surface area contributed by atoms with Crippen molar-refractivity contribution in [3.8, 4) is 0 Å². The van der Waals surface area contributed by atoms with E-state index in [2.05, 4.69) is 39.5 Å². The highest BCUT2D eigenvalue weighted by Crippen LogP contribution is 2.34. The first-order valence-corrected chi connectivity index (χ1v) is 6.41. The van der Waals surface area contributed by atoms with Crippen LogP contribution in [0.15, 0.2) is 0 Å². The summed E-state index contributed by atoms with van der Waals surface area (Å²) in [5.41, 5.74) is 6.30. The minimum absolute atomic E-state index is 0.138. The van der Waals surface area contributed by atoms with Crippen LogP contribution in [0, 0.1) is 11.3 Å². The minimum Gasteiger partial charge on any atom is -0.395 e. The average molecular weight is 228 g/mol. The average Bonchev–Trinajstić information content (AvgIpc) is 2.44. The third kappa shape index (κ3) is 2.76. The number of nitrogens with two attached hydrogens (primary N) is 1. The summed E-state index contributed by atoms with van der Waals surface area (Å²) in [4.78, 5) is 2.43. The van der Waals surface area contributed by atoms with Crippen LogP contribution in [0.2, 0.25) is 0 Å². The molecule has 3 nitrogen and oxygen atoms in total. The van der Waals surface area contributed by atoms with E-state index in [9.17, 15) is 5.11 Å². The molecule has 0 radical (unpaired) electrons. The molecule has 0 aromatic rings. The van der Waals surface area contributed by atoms with Crippen molar-refractivity contribution in [2.45, 2.75) is 59.2 Å². The van der Waals surface area contributed by atoms with Gasteiger partial charge in [-0.25, -0.2) is 0 Å². The molecule has 4 unspecified atom stereocenters. The van der Waals surface area contributed by atoms with Crippen LogP contribution in [-0.2, 0) is 0 Å². The van der Waals surface area contributed by atoms with E-state index in [0.29, 0.717) is 12.0 Å². The Bertz CT molecular complexity index is 222. The number of aliphatic hydroxyl groups is 1. The molecule has 0 amide bonds. The van der Waals surface area contributed by atoms with Gasteiger partial charge in [0.15, 0.2) is 0 Å². The third-order valence-electron chi connectivity index (χ3n) is 3.86. The maximum absolute atomic E-state index is 9.52. The van der Waals surface area contributed by atoms with E-state index in [1.807, 2.05) is 0 Å². The quantitative estimate of drug-likeness (QED) is 0.769. The predicted octanol–water partition coefficient (Wildman–Crippen LogP) is 1.45. The van der Waals surface area contributed by atoms with Crippen molar-refractivity contribution in [1.29, 1.82) is 0 Å². The van der Waals surface area contributed by atoms with Crippen LogP contribution in [0.25, 0.3) is 0 Å². The highest BCUT2D eigenvalue weighted by atomic mass is 16.3. The van der Waals surface area contributed by atoms with Gasteiger partial charge in [-0.15, -0.1) is 0 Å². The second-order valence-electron chi connectivity index (χ2n) is 6.42. The summed E-state index contributed by atoms with van der Waals surface area (Å²) in [5, 5.41) is 9.52. The highest BCUT2D eigenvalue weighted by molar-refractivity contribution is 4.96. The lowest BCUT2D eigenvalue weighted by Crippen LogP contribution is -2.56. The van der Waals surface area contributed by atoms with E-state index >= 15 is 0 Å². The first-order valence-electron chi connectivity index (χ1n) is 6.41. The summed E-state index contributed by atoms with van der Waals surface area (Å²) >= 11 is 0. The SMILES string of the molecule is CC(N)C(N1CCC(C)C1CO)C(C)(C)C. The van der Waals surface area contributed by atoms with Gasteiger partial charge in [0, 0.05) is 18.1 Å². The van der Waals surface area contributed by atoms with E-state index in [0.717, 1.165) is 6.54 Å². The van der Waals surface area contributed by atoms with E-state index < -0.39 is 0 Å². The minimum atomic E-state index is 0.138. The van der Waals surface area contributed by atoms with Crippen LogP contribution < -0.4 is 5.73 Å². The third-order valence-corrected chi connectivity index (χ3v) is 3.86. The van der Waals surface area contributed by atoms with E-state index in [-0.39, 0.29) is 24.1 Å². The van der Waals surface area contributed by atoms with Crippen LogP contribution in [0.3, 0.4) is 0 Å². The molecule has 0 bridgehead atoms. The molecule has 1 heterocycles. The van der Waals surface area contributed by atoms with E-state index in [1.165, 1.54) is 6.42 Å². The molecule has 4 atom stereocenters. The van der Waals surface area contributed by atoms with Crippen molar-refractivity contribution in [2.24, 2.45) is 17.1 Å². The van der Waals surface area contributed by atoms with Crippen LogP contribution in [-0.4, -0.2) is 41.3 Å². The molecule has 96 valence electrons. The van der Waals surface area contributed by atoms with Crippen LogP contribution in [0.4, 0.5) is 0 Å². The summed E-state index contributed by atoms with van der Waals surface area (Å²) < 4.78 is 0. The largest absolute Gasteiger partial charge is 0.395 e. The molecule has 3 N–H and O–H groups in total. The molecular formula is C13H28N2O. The Morgan fingerprint density at radius 2 is 2.00 bits per heavy atom. The number of hydrogen-bond donors (Lipinski definition) is 2. The van der Waals surface area contributed by atoms with E-state index in [1.54, 1.807) is 0 Å². The number of hydrogen-bond acceptors (Lipinski definition) is 3. The van der Waals surface area contributed by atoms with Gasteiger partial charge in [-0.2, -0.15) is 0 Å². The van der Waals surface area contributed by atoms with Crippen LogP contribution in [0.5, 0.6) is 0 Å². The van der Waals surface area contributed by atoms with Crippen molar-refractivity contribution < 1.29 is 5.11 Å². The molecule has 0 aromatic heterocycles. The number of rotatable bonds is 3. The second-order valence-corrected chi connectivity index (χ2v) is 6.42. The molecule has 3 heteroatoms. The normalized spacial score (nSPS) is 31.7. The lowest BCUT2D eigenvalue weighted by atomic mass is 9.81. The first kappa shape index (κ1) is 13.9. The van der Waals surface area contributed by atoms with Gasteiger partial charge in [0.2, 0.25) is 0 Å². The molecule has 1 aliphatic heterocycles. The van der Waals surface area contributed by atoms with E-state index in [4.69, 9.17) is 5.73 Å². The summed E-state index contributed by atoms with van der Waals surface area (Å²) in [5.74, 6) is 0.577. The topological polar surface area (TPSA) is 49.5 Å². The number of likely N-dealkylation sites (tertiary alicyclic amines) is 1. The van der Waals surface area contributed by atoms with Crippen LogP contribution >= 0.6 is 0 Å². The van der Waals surface area contributed by atoms with Gasteiger partial charge in [0.25, 0.3) is 0 Å². The number of aliphatic hydroxyl groups excluding tert-OH is 1. The molecule has 1 aliphatic rings. The Morgan fingerprint density at radius 1 is 1.44 bits per heavy atom. The van der Waals surface area contributed by atoms with Gasteiger partial charge in [0.05, 0.1) is 6.61 Å². The molecule has 1 fully saturated rings. The van der Waals surface area contributed by atoms with Crippen molar-refractivity contribution in [3.63, 3.8) is 0 Å². The van der Waals surface area contributed by atoms with Crippen molar-refractivity contribution in [2.75, 3.05) is 13.2 Å². The Balaban J connectivity index is 2.87. The predicted molar refractivity (Wildman–Crippen MR) is 68.3 cm³/mol. The first-order chi connectivity index (χ1) is 7.29. The van der Waals surface area contributed by atoms with Gasteiger partial charge >= 0.3 is 0 Å². The lowest BCUT2D eigenvalue weighted by molar-refractivity contribution is 0.0379. The molecule has 0 saturated carbocycles. The molecule has 0 spiro atoms. The lowest BCUT2D eigenvalue weighted by Gasteiger charge is -2.43. The standard InChI is InChI=1S/C13H28N2O/c1-9-6-7-15(11(9)8-16)12(10(2)14)13(3,4)5/h9-12,16H,6-8,14H2,1-5H3. The van der Waals surface area contributed by atoms with Crippen LogP contribution in [0.1, 0.15) is 41.0 Å². The zero-order valence-corrected chi connectivity index (χ0v) is 11.4. The summed E-state index contributed by atoms with van der Waals surface area (Å²) in [6.45, 7) is 12.3. The summed E-state index contributed by atoms with van der Waals surface area (Å²) in [6.07, 6.45) is 1.17. The fourth-order valence-electron chi connectivity index (χ4n) is 3.26. The second kappa shape index (κ2) is 5.03. The van der Waals surface area contributed by atoms with Gasteiger partial charge in [-0.3, -0.25) is 4.90 Å². The molecule has 0 aromatic carbocycles. The highest BCUT2D eigenvalue weighted by Gasteiger charge is 2.41. The molecule has 16 heavy (non-hydrogen) atoms. The van der Waals surface area contributed by atoms with Gasteiger partial charge in [-0.05, 0) is 31.2 Å². The Labute approximate surface area is 100 Å². The smallest absolute Gasteiger partial charge is 0.0589 e. The van der Waals surface area contributed by atoms with Gasteiger partial charge in [-0.1, -0.05) is 27.7 Å². The Kier molecular flexibility index (Phi) is 4.38.